The van der Waals surface area contributed by atoms with Crippen LogP contribution >= 0.6 is 0 Å². The highest BCUT2D eigenvalue weighted by Gasteiger charge is 2.66. The van der Waals surface area contributed by atoms with Crippen LogP contribution in [0, 0.1) is 6.92 Å². The number of likely N-dealkylation sites (tertiary alicyclic amines) is 1. The molecule has 2 amide bonds. The minimum Gasteiger partial charge on any atom is -0.507 e. The number of ether oxygens (including phenoxy) is 2. The topological polar surface area (TPSA) is 99.6 Å². The quantitative estimate of drug-likeness (QED) is 0.387. The van der Waals surface area contributed by atoms with E-state index in [1.54, 1.807) is 56.6 Å². The highest BCUT2D eigenvalue weighted by Crippen LogP contribution is 2.53. The van der Waals surface area contributed by atoms with Gasteiger partial charge in [0.2, 0.25) is 0 Å². The Hall–Kier alpha value is -3.69. The Morgan fingerprint density at radius 3 is 2.50 bits per heavy atom. The monoisotopic (exact) mass is 491 g/mol. The van der Waals surface area contributed by atoms with Crippen molar-refractivity contribution in [2.24, 2.45) is 0 Å². The number of aliphatic hydroxyl groups excluding tert-OH is 1. The molecule has 0 bridgehead atoms. The molecule has 0 radical (unpaired) electrons. The van der Waals surface area contributed by atoms with Crippen LogP contribution in [0.4, 0.5) is 5.69 Å². The van der Waals surface area contributed by atoms with E-state index in [1.807, 2.05) is 6.92 Å². The van der Waals surface area contributed by atoms with Crippen LogP contribution in [-0.2, 0) is 24.7 Å². The largest absolute Gasteiger partial charge is 0.507 e. The number of carbonyl (C=O) groups is 3. The van der Waals surface area contributed by atoms with Crippen molar-refractivity contribution in [1.82, 2.24) is 9.80 Å². The molecule has 3 heterocycles. The van der Waals surface area contributed by atoms with Crippen LogP contribution in [0.15, 0.2) is 48.0 Å². The number of amides is 2. The molecule has 2 aromatic carbocycles. The number of nitrogens with zero attached hydrogens (tertiary/aromatic N) is 3. The molecule has 3 aliphatic rings. The summed E-state index contributed by atoms with van der Waals surface area (Å²) in [6, 6.07) is 12.1. The molecule has 0 aliphatic carbocycles. The Morgan fingerprint density at radius 2 is 1.81 bits per heavy atom. The maximum absolute atomic E-state index is 14.0. The van der Waals surface area contributed by atoms with Gasteiger partial charge in [-0.3, -0.25) is 19.3 Å². The molecule has 0 aromatic heterocycles. The van der Waals surface area contributed by atoms with E-state index >= 15 is 0 Å². The zero-order chi connectivity index (χ0) is 25.6. The Labute approximate surface area is 209 Å². The van der Waals surface area contributed by atoms with E-state index in [4.69, 9.17) is 9.47 Å². The van der Waals surface area contributed by atoms with Gasteiger partial charge in [0.05, 0.1) is 25.9 Å². The van der Waals surface area contributed by atoms with Crippen LogP contribution in [0.1, 0.15) is 16.7 Å². The number of anilines is 1. The van der Waals surface area contributed by atoms with Gasteiger partial charge in [-0.1, -0.05) is 18.2 Å². The number of hydrogen-bond acceptors (Lipinski definition) is 7. The fourth-order valence-corrected chi connectivity index (χ4v) is 5.51. The molecule has 9 nitrogen and oxygen atoms in total. The van der Waals surface area contributed by atoms with Gasteiger partial charge in [0.25, 0.3) is 17.6 Å². The van der Waals surface area contributed by atoms with Crippen molar-refractivity contribution in [3.63, 3.8) is 0 Å². The third kappa shape index (κ3) is 3.42. The molecule has 1 N–H and O–H groups in total. The first-order chi connectivity index (χ1) is 17.3. The SMILES string of the molecule is COc1ccc(/C(O)=C2\C(=O)C(=O)N(CCN3CCOCC3)C23C(=O)N(C)c2ccccc23)cc1C. The fraction of sp³-hybridized carbons (Fsp3) is 0.370. The predicted octanol–water partition coefficient (Wildman–Crippen LogP) is 1.89. The average Bonchev–Trinajstić information content (AvgIpc) is 3.25. The van der Waals surface area contributed by atoms with Crippen molar-refractivity contribution < 1.29 is 29.0 Å². The number of fused-ring (bicyclic) bond motifs is 2. The van der Waals surface area contributed by atoms with E-state index < -0.39 is 23.1 Å². The first kappa shape index (κ1) is 24.0. The number of likely N-dealkylation sites (N-methyl/N-ethyl adjacent to an activating group) is 1. The van der Waals surface area contributed by atoms with Crippen molar-refractivity contribution in [2.45, 2.75) is 12.5 Å². The number of methoxy groups -OCH3 is 1. The molecule has 1 spiro atoms. The summed E-state index contributed by atoms with van der Waals surface area (Å²) < 4.78 is 10.7. The highest BCUT2D eigenvalue weighted by atomic mass is 16.5. The second kappa shape index (κ2) is 9.07. The molecule has 0 saturated carbocycles. The number of benzene rings is 2. The molecule has 2 fully saturated rings. The number of ketones is 1. The average molecular weight is 492 g/mol. The van der Waals surface area contributed by atoms with Gasteiger partial charge in [-0.15, -0.1) is 0 Å². The molecule has 9 heteroatoms. The van der Waals surface area contributed by atoms with Gasteiger partial charge in [-0.05, 0) is 36.8 Å². The van der Waals surface area contributed by atoms with Crippen LogP contribution in [0.5, 0.6) is 5.75 Å². The molecule has 2 saturated heterocycles. The van der Waals surface area contributed by atoms with E-state index in [0.717, 1.165) is 5.56 Å². The van der Waals surface area contributed by atoms with Crippen molar-refractivity contribution in [3.8, 4) is 5.75 Å². The van der Waals surface area contributed by atoms with Crippen LogP contribution in [0.25, 0.3) is 5.76 Å². The second-order valence-electron chi connectivity index (χ2n) is 9.24. The zero-order valence-corrected chi connectivity index (χ0v) is 20.6. The maximum Gasteiger partial charge on any atom is 0.296 e. The van der Waals surface area contributed by atoms with Crippen molar-refractivity contribution in [2.75, 3.05) is 58.5 Å². The van der Waals surface area contributed by atoms with Crippen LogP contribution in [0.3, 0.4) is 0 Å². The number of aryl methyl sites for hydroxylation is 1. The lowest BCUT2D eigenvalue weighted by Gasteiger charge is -2.36. The lowest BCUT2D eigenvalue weighted by molar-refractivity contribution is -0.144. The van der Waals surface area contributed by atoms with Crippen molar-refractivity contribution in [1.29, 1.82) is 0 Å². The minimum absolute atomic E-state index is 0.150. The Kier molecular flexibility index (Phi) is 6.05. The van der Waals surface area contributed by atoms with Gasteiger partial charge in [-0.2, -0.15) is 0 Å². The zero-order valence-electron chi connectivity index (χ0n) is 20.6. The smallest absolute Gasteiger partial charge is 0.296 e. The number of para-hydroxylation sites is 1. The van der Waals surface area contributed by atoms with E-state index in [1.165, 1.54) is 9.80 Å². The summed E-state index contributed by atoms with van der Waals surface area (Å²) in [5, 5.41) is 11.5. The summed E-state index contributed by atoms with van der Waals surface area (Å²) in [5.41, 5.74) is 0.221. The lowest BCUT2D eigenvalue weighted by Crippen LogP contribution is -2.53. The van der Waals surface area contributed by atoms with Gasteiger partial charge in [0.1, 0.15) is 11.5 Å². The second-order valence-corrected chi connectivity index (χ2v) is 9.24. The Balaban J connectivity index is 1.70. The summed E-state index contributed by atoms with van der Waals surface area (Å²) in [6.07, 6.45) is 0. The summed E-state index contributed by atoms with van der Waals surface area (Å²) in [5.74, 6) is -1.88. The number of carbonyl (C=O) groups excluding carboxylic acids is 3. The number of Topliss-reactive ketones (excluding diaryl/α,β-unsaturated/α-hetero) is 1. The standard InChI is InChI=1S/C27H29N3O6/c1-17-16-18(8-9-21(17)35-3)23(31)22-24(32)25(33)30(11-10-29-12-14-36-15-13-29)27(22)19-6-4-5-7-20(19)28(2)26(27)34/h4-9,16,31H,10-15H2,1-3H3/b23-22-. The summed E-state index contributed by atoms with van der Waals surface area (Å²) in [7, 11) is 3.17. The summed E-state index contributed by atoms with van der Waals surface area (Å²) >= 11 is 0. The molecular formula is C27H29N3O6. The fourth-order valence-electron chi connectivity index (χ4n) is 5.51. The molecular weight excluding hydrogens is 462 g/mol. The molecule has 3 aliphatic heterocycles. The molecule has 5 rings (SSSR count). The minimum atomic E-state index is -1.75. The third-order valence-electron chi connectivity index (χ3n) is 7.35. The molecule has 36 heavy (non-hydrogen) atoms. The molecule has 188 valence electrons. The van der Waals surface area contributed by atoms with E-state index in [0.29, 0.717) is 55.4 Å². The number of morpholine rings is 1. The van der Waals surface area contributed by atoms with Gasteiger partial charge >= 0.3 is 0 Å². The van der Waals surface area contributed by atoms with Crippen LogP contribution in [-0.4, -0.2) is 86.1 Å². The number of aliphatic hydroxyl groups is 1. The highest BCUT2D eigenvalue weighted by molar-refractivity contribution is 6.50. The lowest BCUT2D eigenvalue weighted by atomic mass is 9.81. The van der Waals surface area contributed by atoms with E-state index in [2.05, 4.69) is 4.90 Å². The first-order valence-corrected chi connectivity index (χ1v) is 11.9. The van der Waals surface area contributed by atoms with Gasteiger partial charge in [-0.25, -0.2) is 0 Å². The van der Waals surface area contributed by atoms with Crippen LogP contribution in [0.2, 0.25) is 0 Å². The van der Waals surface area contributed by atoms with Gasteiger partial charge in [0, 0.05) is 50.0 Å². The van der Waals surface area contributed by atoms with Crippen molar-refractivity contribution >= 4 is 29.0 Å². The van der Waals surface area contributed by atoms with E-state index in [9.17, 15) is 19.5 Å². The normalized spacial score (nSPS) is 23.6. The molecule has 1 unspecified atom stereocenters. The van der Waals surface area contributed by atoms with Gasteiger partial charge < -0.3 is 24.4 Å². The number of hydrogen-bond donors (Lipinski definition) is 1. The molecule has 2 aromatic rings. The Morgan fingerprint density at radius 1 is 1.08 bits per heavy atom. The first-order valence-electron chi connectivity index (χ1n) is 11.9. The molecule has 1 atom stereocenters. The van der Waals surface area contributed by atoms with Crippen molar-refractivity contribution in [3.05, 3.63) is 64.7 Å². The summed E-state index contributed by atoms with van der Waals surface area (Å²) in [4.78, 5) is 46.1. The predicted molar refractivity (Wildman–Crippen MR) is 133 cm³/mol. The summed E-state index contributed by atoms with van der Waals surface area (Å²) in [6.45, 7) is 5.02. The van der Waals surface area contributed by atoms with Gasteiger partial charge in [0.15, 0.2) is 5.54 Å². The van der Waals surface area contributed by atoms with Crippen LogP contribution < -0.4 is 9.64 Å². The number of rotatable bonds is 5. The maximum atomic E-state index is 14.0. The third-order valence-corrected chi connectivity index (χ3v) is 7.35. The Bertz CT molecular complexity index is 1280. The van der Waals surface area contributed by atoms with E-state index in [-0.39, 0.29) is 17.9 Å².